The Morgan fingerprint density at radius 3 is 1.93 bits per heavy atom. The number of nitrogens with two attached hydrogens (primary N) is 2. The SMILES string of the molecule is NC(=S)N=S(=O)=O.Nc1ccccc1. The van der Waals surface area contributed by atoms with Crippen molar-refractivity contribution in [2.24, 2.45) is 10.1 Å². The summed E-state index contributed by atoms with van der Waals surface area (Å²) in [6.07, 6.45) is 0. The second kappa shape index (κ2) is 6.98. The first-order valence-corrected chi connectivity index (χ1v) is 4.87. The fourth-order valence-corrected chi connectivity index (χ4v) is 0.856. The van der Waals surface area contributed by atoms with Crippen LogP contribution in [-0.2, 0) is 10.5 Å². The molecule has 0 aromatic heterocycles. The molecular formula is C7H9N3O2S2. The quantitative estimate of drug-likeness (QED) is 0.502. The number of rotatable bonds is 0. The van der Waals surface area contributed by atoms with Crippen molar-refractivity contribution < 1.29 is 8.42 Å². The third-order valence-corrected chi connectivity index (χ3v) is 1.52. The monoisotopic (exact) mass is 231 g/mol. The van der Waals surface area contributed by atoms with E-state index in [1.54, 1.807) is 0 Å². The minimum atomic E-state index is -2.49. The van der Waals surface area contributed by atoms with Crippen LogP contribution in [-0.4, -0.2) is 13.5 Å². The first-order valence-electron chi connectivity index (χ1n) is 3.43. The van der Waals surface area contributed by atoms with Crippen LogP contribution in [0.5, 0.6) is 0 Å². The van der Waals surface area contributed by atoms with Crippen molar-refractivity contribution in [3.63, 3.8) is 0 Å². The Bertz CT molecular complexity index is 406. The van der Waals surface area contributed by atoms with Gasteiger partial charge < -0.3 is 11.5 Å². The molecule has 0 aliphatic heterocycles. The first kappa shape index (κ1) is 12.5. The van der Waals surface area contributed by atoms with E-state index in [9.17, 15) is 8.42 Å². The molecule has 76 valence electrons. The molecule has 0 atom stereocenters. The van der Waals surface area contributed by atoms with Gasteiger partial charge in [-0.2, -0.15) is 8.42 Å². The summed E-state index contributed by atoms with van der Waals surface area (Å²) in [6.45, 7) is 0. The van der Waals surface area contributed by atoms with Crippen LogP contribution in [0.15, 0.2) is 34.7 Å². The van der Waals surface area contributed by atoms with E-state index in [2.05, 4.69) is 22.3 Å². The highest BCUT2D eigenvalue weighted by molar-refractivity contribution is 7.80. The number of para-hydroxylation sites is 1. The average molecular weight is 231 g/mol. The Hall–Kier alpha value is -1.47. The van der Waals surface area contributed by atoms with Crippen molar-refractivity contribution in [3.8, 4) is 0 Å². The fourth-order valence-electron chi connectivity index (χ4n) is 0.527. The summed E-state index contributed by atoms with van der Waals surface area (Å²) in [5, 5.41) is -0.367. The predicted molar refractivity (Wildman–Crippen MR) is 59.0 cm³/mol. The second-order valence-electron chi connectivity index (χ2n) is 2.06. The molecule has 1 rings (SSSR count). The third kappa shape index (κ3) is 8.62. The minimum Gasteiger partial charge on any atom is -0.399 e. The van der Waals surface area contributed by atoms with Crippen molar-refractivity contribution in [2.45, 2.75) is 0 Å². The van der Waals surface area contributed by atoms with Gasteiger partial charge in [0.15, 0.2) is 0 Å². The Morgan fingerprint density at radius 1 is 1.29 bits per heavy atom. The molecule has 0 bridgehead atoms. The molecule has 0 aliphatic rings. The van der Waals surface area contributed by atoms with Crippen molar-refractivity contribution in [1.29, 1.82) is 0 Å². The number of hydrogen-bond acceptors (Lipinski definition) is 4. The normalized spacial score (nSPS) is 8.00. The van der Waals surface area contributed by atoms with Gasteiger partial charge in [0, 0.05) is 5.69 Å². The van der Waals surface area contributed by atoms with Crippen LogP contribution >= 0.6 is 12.2 Å². The van der Waals surface area contributed by atoms with Gasteiger partial charge in [0.25, 0.3) is 0 Å². The Morgan fingerprint density at radius 2 is 1.79 bits per heavy atom. The highest BCUT2D eigenvalue weighted by Crippen LogP contribution is 1.95. The van der Waals surface area contributed by atoms with Crippen LogP contribution in [0.1, 0.15) is 0 Å². The number of thiocarbonyl (C=S) groups is 1. The van der Waals surface area contributed by atoms with E-state index in [-0.39, 0.29) is 5.11 Å². The van der Waals surface area contributed by atoms with Crippen LogP contribution in [0.2, 0.25) is 0 Å². The lowest BCUT2D eigenvalue weighted by Gasteiger charge is -1.83. The van der Waals surface area contributed by atoms with Gasteiger partial charge in [-0.1, -0.05) is 18.2 Å². The van der Waals surface area contributed by atoms with E-state index in [4.69, 9.17) is 5.73 Å². The summed E-state index contributed by atoms with van der Waals surface area (Å²) in [6, 6.07) is 9.49. The van der Waals surface area contributed by atoms with Gasteiger partial charge in [-0.05, 0) is 24.4 Å². The maximum Gasteiger partial charge on any atom is 0.318 e. The van der Waals surface area contributed by atoms with Gasteiger partial charge in [-0.15, -0.1) is 4.36 Å². The molecule has 14 heavy (non-hydrogen) atoms. The largest absolute Gasteiger partial charge is 0.399 e. The van der Waals surface area contributed by atoms with E-state index >= 15 is 0 Å². The molecule has 0 fully saturated rings. The Labute approximate surface area is 88.4 Å². The van der Waals surface area contributed by atoms with Gasteiger partial charge in [0.2, 0.25) is 5.11 Å². The molecule has 0 unspecified atom stereocenters. The van der Waals surface area contributed by atoms with Crippen LogP contribution in [0.25, 0.3) is 0 Å². The number of nitrogen functional groups attached to an aromatic ring is 1. The lowest BCUT2D eigenvalue weighted by Crippen LogP contribution is -2.01. The van der Waals surface area contributed by atoms with Crippen molar-refractivity contribution in [1.82, 2.24) is 0 Å². The van der Waals surface area contributed by atoms with Gasteiger partial charge in [-0.25, -0.2) is 0 Å². The first-order chi connectivity index (χ1) is 6.52. The number of nitrogens with zero attached hydrogens (tertiary/aromatic N) is 1. The zero-order chi connectivity index (χ0) is 11.0. The van der Waals surface area contributed by atoms with E-state index in [0.717, 1.165) is 5.69 Å². The number of benzene rings is 1. The summed E-state index contributed by atoms with van der Waals surface area (Å²) in [5.74, 6) is 0. The molecule has 0 heterocycles. The predicted octanol–water partition coefficient (Wildman–Crippen LogP) is 0.561. The summed E-state index contributed by atoms with van der Waals surface area (Å²) < 4.78 is 21.7. The van der Waals surface area contributed by atoms with E-state index in [1.807, 2.05) is 30.3 Å². The summed E-state index contributed by atoms with van der Waals surface area (Å²) >= 11 is 4.09. The average Bonchev–Trinajstić information content (AvgIpc) is 2.03. The minimum absolute atomic E-state index is 0.367. The maximum atomic E-state index is 9.48. The summed E-state index contributed by atoms with van der Waals surface area (Å²) in [7, 11) is -2.49. The molecule has 7 heteroatoms. The Kier molecular flexibility index (Phi) is 6.25. The van der Waals surface area contributed by atoms with Crippen LogP contribution in [0.4, 0.5) is 5.69 Å². The fraction of sp³-hybridized carbons (Fsp3) is 0. The van der Waals surface area contributed by atoms with E-state index < -0.39 is 10.5 Å². The second-order valence-corrected chi connectivity index (χ2v) is 3.09. The topological polar surface area (TPSA) is 98.5 Å². The Balaban J connectivity index is 0.000000241. The lowest BCUT2D eigenvalue weighted by molar-refractivity contribution is 0.623. The van der Waals surface area contributed by atoms with Crippen molar-refractivity contribution in [3.05, 3.63) is 30.3 Å². The zero-order valence-corrected chi connectivity index (χ0v) is 8.75. The zero-order valence-electron chi connectivity index (χ0n) is 7.12. The van der Waals surface area contributed by atoms with E-state index in [0.29, 0.717) is 0 Å². The third-order valence-electron chi connectivity index (χ3n) is 0.964. The van der Waals surface area contributed by atoms with Gasteiger partial charge in [0.05, 0.1) is 0 Å². The maximum absolute atomic E-state index is 9.48. The number of anilines is 1. The molecule has 0 saturated carbocycles. The molecule has 1 aromatic rings. The van der Waals surface area contributed by atoms with Crippen LogP contribution in [0, 0.1) is 0 Å². The van der Waals surface area contributed by atoms with Gasteiger partial charge >= 0.3 is 10.5 Å². The molecule has 4 N–H and O–H groups in total. The highest BCUT2D eigenvalue weighted by Gasteiger charge is 1.74. The molecular weight excluding hydrogens is 222 g/mol. The molecule has 1 aromatic carbocycles. The number of hydrogen-bond donors (Lipinski definition) is 2. The lowest BCUT2D eigenvalue weighted by atomic mass is 10.3. The molecule has 0 saturated heterocycles. The summed E-state index contributed by atoms with van der Waals surface area (Å²) in [4.78, 5) is 0. The molecule has 5 nitrogen and oxygen atoms in total. The van der Waals surface area contributed by atoms with Crippen LogP contribution < -0.4 is 11.5 Å². The van der Waals surface area contributed by atoms with Crippen molar-refractivity contribution >= 4 is 33.5 Å². The molecule has 0 radical (unpaired) electrons. The molecule has 0 aliphatic carbocycles. The van der Waals surface area contributed by atoms with Gasteiger partial charge in [0.1, 0.15) is 0 Å². The summed E-state index contributed by atoms with van der Waals surface area (Å²) in [5.41, 5.74) is 10.8. The van der Waals surface area contributed by atoms with Gasteiger partial charge in [-0.3, -0.25) is 0 Å². The highest BCUT2D eigenvalue weighted by atomic mass is 32.2. The van der Waals surface area contributed by atoms with E-state index in [1.165, 1.54) is 0 Å². The smallest absolute Gasteiger partial charge is 0.318 e. The standard InChI is InChI=1S/C6H7N.CH2N2O2S2/c7-6-4-2-1-3-5-6;2-1(6)3-7(4)5/h1-5H,7H2;(H2,2,6). The van der Waals surface area contributed by atoms with Crippen molar-refractivity contribution in [2.75, 3.05) is 5.73 Å². The van der Waals surface area contributed by atoms with Crippen LogP contribution in [0.3, 0.4) is 0 Å². The molecule has 0 spiro atoms. The molecule has 0 amide bonds.